The fraction of sp³-hybridized carbons (Fsp3) is 0.0455. The first-order valence-corrected chi connectivity index (χ1v) is 16.8. The molecule has 0 unspecified atom stereocenters. The molecule has 0 amide bonds. The van der Waals surface area contributed by atoms with Gasteiger partial charge in [-0.05, 0) is 110 Å². The predicted octanol–water partition coefficient (Wildman–Crippen LogP) is 12.3. The van der Waals surface area contributed by atoms with Crippen LogP contribution < -0.4 is 0 Å². The molecule has 0 fully saturated rings. The lowest BCUT2D eigenvalue weighted by atomic mass is 9.91. The highest BCUT2D eigenvalue weighted by Gasteiger charge is 2.15. The molecule has 8 aromatic rings. The second-order valence-electron chi connectivity index (χ2n) is 11.8. The van der Waals surface area contributed by atoms with E-state index < -0.39 is 0 Å². The van der Waals surface area contributed by atoms with E-state index in [0.29, 0.717) is 0 Å². The van der Waals surface area contributed by atoms with Crippen LogP contribution in [0.3, 0.4) is 0 Å². The third-order valence-electron chi connectivity index (χ3n) is 8.71. The number of aromatic nitrogens is 2. The van der Waals surface area contributed by atoms with E-state index in [1.807, 2.05) is 18.5 Å². The molecule has 0 atom stereocenters. The molecular formula is C44H32N2S. The SMILES string of the molecule is CCc1nc2c(-c3cccc(-c4ccc(-c5cccnc5)cc4)c3)cc(-c3cc(-c4ccccc4)cc(-c4ccccc4)c3)cc2s1. The fourth-order valence-corrected chi connectivity index (χ4v) is 7.23. The van der Waals surface area contributed by atoms with Crippen LogP contribution >= 0.6 is 11.3 Å². The van der Waals surface area contributed by atoms with E-state index in [2.05, 4.69) is 158 Å². The molecule has 0 aliphatic heterocycles. The third kappa shape index (κ3) is 5.90. The molecule has 0 aliphatic rings. The van der Waals surface area contributed by atoms with Crippen LogP contribution in [0.1, 0.15) is 11.9 Å². The Morgan fingerprint density at radius 2 is 0.957 bits per heavy atom. The van der Waals surface area contributed by atoms with Gasteiger partial charge in [-0.25, -0.2) is 4.98 Å². The van der Waals surface area contributed by atoms with Crippen molar-refractivity contribution in [2.75, 3.05) is 0 Å². The van der Waals surface area contributed by atoms with Crippen LogP contribution in [0.25, 0.3) is 77.0 Å². The lowest BCUT2D eigenvalue weighted by molar-refractivity contribution is 1.11. The summed E-state index contributed by atoms with van der Waals surface area (Å²) in [7, 11) is 0. The Morgan fingerprint density at radius 3 is 1.57 bits per heavy atom. The molecule has 0 aliphatic carbocycles. The molecule has 6 aromatic carbocycles. The average Bonchev–Trinajstić information content (AvgIpc) is 3.59. The van der Waals surface area contributed by atoms with Crippen molar-refractivity contribution in [3.05, 3.63) is 169 Å². The Morgan fingerprint density at radius 1 is 0.447 bits per heavy atom. The summed E-state index contributed by atoms with van der Waals surface area (Å²) >= 11 is 1.80. The number of pyridine rings is 1. The van der Waals surface area contributed by atoms with Crippen molar-refractivity contribution in [1.29, 1.82) is 0 Å². The molecule has 0 bridgehead atoms. The quantitative estimate of drug-likeness (QED) is 0.177. The van der Waals surface area contributed by atoms with Gasteiger partial charge in [0.15, 0.2) is 0 Å². The van der Waals surface area contributed by atoms with Crippen LogP contribution in [0.15, 0.2) is 164 Å². The van der Waals surface area contributed by atoms with Gasteiger partial charge in [0.05, 0.1) is 15.2 Å². The van der Waals surface area contributed by atoms with Crippen molar-refractivity contribution in [3.8, 4) is 66.8 Å². The minimum Gasteiger partial charge on any atom is -0.264 e. The van der Waals surface area contributed by atoms with Gasteiger partial charge in [0.1, 0.15) is 0 Å². The standard InChI is InChI=1S/C44H32N2S/c1-2-43-46-44-41(35-16-9-15-34(23-35)32-18-20-33(21-19-32)36-17-10-22-45-29-36)27-40(28-42(44)47-43)39-25-37(30-11-5-3-6-12-30)24-38(26-39)31-13-7-4-8-14-31/h3-29H,2H2,1H3. The second kappa shape index (κ2) is 12.6. The largest absolute Gasteiger partial charge is 0.264 e. The minimum absolute atomic E-state index is 0.916. The number of fused-ring (bicyclic) bond motifs is 1. The van der Waals surface area contributed by atoms with Gasteiger partial charge in [-0.3, -0.25) is 4.98 Å². The van der Waals surface area contributed by atoms with E-state index in [1.54, 1.807) is 11.3 Å². The summed E-state index contributed by atoms with van der Waals surface area (Å²) in [6.07, 6.45) is 4.63. The van der Waals surface area contributed by atoms with E-state index in [9.17, 15) is 0 Å². The van der Waals surface area contributed by atoms with E-state index in [1.165, 1.54) is 54.8 Å². The maximum atomic E-state index is 5.13. The normalized spacial score (nSPS) is 11.2. The number of thiazole rings is 1. The zero-order valence-electron chi connectivity index (χ0n) is 26.1. The number of benzene rings is 6. The number of nitrogens with zero attached hydrogens (tertiary/aromatic N) is 2. The fourth-order valence-electron chi connectivity index (χ4n) is 6.26. The maximum Gasteiger partial charge on any atom is 0.0936 e. The molecule has 2 heterocycles. The number of hydrogen-bond donors (Lipinski definition) is 0. The number of rotatable bonds is 7. The van der Waals surface area contributed by atoms with Gasteiger partial charge < -0.3 is 0 Å². The summed E-state index contributed by atoms with van der Waals surface area (Å²) < 4.78 is 1.21. The lowest BCUT2D eigenvalue weighted by Crippen LogP contribution is -1.89. The second-order valence-corrected chi connectivity index (χ2v) is 12.9. The molecular weight excluding hydrogens is 589 g/mol. The summed E-state index contributed by atoms with van der Waals surface area (Å²) in [6, 6.07) is 54.7. The highest BCUT2D eigenvalue weighted by molar-refractivity contribution is 7.18. The first-order valence-electron chi connectivity index (χ1n) is 16.0. The Hall–Kier alpha value is -5.64. The monoisotopic (exact) mass is 620 g/mol. The summed E-state index contributed by atoms with van der Waals surface area (Å²) in [6.45, 7) is 2.18. The van der Waals surface area contributed by atoms with Gasteiger partial charge in [-0.15, -0.1) is 11.3 Å². The van der Waals surface area contributed by atoms with Gasteiger partial charge in [0.25, 0.3) is 0 Å². The van der Waals surface area contributed by atoms with Crippen molar-refractivity contribution in [1.82, 2.24) is 9.97 Å². The van der Waals surface area contributed by atoms with Crippen LogP contribution in [0.2, 0.25) is 0 Å². The van der Waals surface area contributed by atoms with Crippen molar-refractivity contribution in [2.45, 2.75) is 13.3 Å². The molecule has 3 heteroatoms. The molecule has 47 heavy (non-hydrogen) atoms. The Labute approximate surface area is 279 Å². The predicted molar refractivity (Wildman–Crippen MR) is 199 cm³/mol. The number of hydrogen-bond acceptors (Lipinski definition) is 3. The number of aryl methyl sites for hydroxylation is 1. The first kappa shape index (κ1) is 28.8. The third-order valence-corrected chi connectivity index (χ3v) is 9.86. The smallest absolute Gasteiger partial charge is 0.0936 e. The van der Waals surface area contributed by atoms with Crippen LogP contribution in [-0.2, 0) is 6.42 Å². The van der Waals surface area contributed by atoms with Crippen molar-refractivity contribution in [2.24, 2.45) is 0 Å². The van der Waals surface area contributed by atoms with E-state index >= 15 is 0 Å². The zero-order chi connectivity index (χ0) is 31.6. The summed E-state index contributed by atoms with van der Waals surface area (Å²) in [5.74, 6) is 0. The highest BCUT2D eigenvalue weighted by atomic mass is 32.1. The summed E-state index contributed by atoms with van der Waals surface area (Å²) in [5, 5.41) is 1.16. The molecule has 2 nitrogen and oxygen atoms in total. The van der Waals surface area contributed by atoms with Gasteiger partial charge >= 0.3 is 0 Å². The molecule has 0 saturated carbocycles. The highest BCUT2D eigenvalue weighted by Crippen LogP contribution is 2.40. The topological polar surface area (TPSA) is 25.8 Å². The Balaban J connectivity index is 1.26. The minimum atomic E-state index is 0.916. The molecule has 0 radical (unpaired) electrons. The van der Waals surface area contributed by atoms with Crippen molar-refractivity contribution >= 4 is 21.6 Å². The Kier molecular flexibility index (Phi) is 7.74. The zero-order valence-corrected chi connectivity index (χ0v) is 26.9. The van der Waals surface area contributed by atoms with Gasteiger partial charge in [0.2, 0.25) is 0 Å². The van der Waals surface area contributed by atoms with Crippen LogP contribution in [0, 0.1) is 0 Å². The Bertz CT molecular complexity index is 2250. The molecule has 0 saturated heterocycles. The average molecular weight is 621 g/mol. The maximum absolute atomic E-state index is 5.13. The molecule has 8 rings (SSSR count). The van der Waals surface area contributed by atoms with Crippen LogP contribution in [0.5, 0.6) is 0 Å². The molecule has 0 N–H and O–H groups in total. The van der Waals surface area contributed by atoms with E-state index in [4.69, 9.17) is 4.98 Å². The lowest BCUT2D eigenvalue weighted by Gasteiger charge is -2.13. The van der Waals surface area contributed by atoms with Gasteiger partial charge in [-0.2, -0.15) is 0 Å². The van der Waals surface area contributed by atoms with Crippen LogP contribution in [-0.4, -0.2) is 9.97 Å². The summed E-state index contributed by atoms with van der Waals surface area (Å²) in [4.78, 5) is 9.42. The van der Waals surface area contributed by atoms with Gasteiger partial charge in [0, 0.05) is 18.0 Å². The van der Waals surface area contributed by atoms with Crippen molar-refractivity contribution < 1.29 is 0 Å². The summed E-state index contributed by atoms with van der Waals surface area (Å²) in [5.41, 5.74) is 15.3. The molecule has 0 spiro atoms. The first-order chi connectivity index (χ1) is 23.2. The van der Waals surface area contributed by atoms with Crippen molar-refractivity contribution in [3.63, 3.8) is 0 Å². The van der Waals surface area contributed by atoms with E-state index in [-0.39, 0.29) is 0 Å². The molecule has 2 aromatic heterocycles. The van der Waals surface area contributed by atoms with Gasteiger partial charge in [-0.1, -0.05) is 116 Å². The van der Waals surface area contributed by atoms with Crippen LogP contribution in [0.4, 0.5) is 0 Å². The molecule has 224 valence electrons. The van der Waals surface area contributed by atoms with E-state index in [0.717, 1.165) is 33.6 Å².